The van der Waals surface area contributed by atoms with Crippen molar-refractivity contribution in [3.8, 4) is 0 Å². The SMILES string of the molecule is CNC1COCC1C(=O)NCCSc1ccccc1. The number of nitrogens with one attached hydrogen (secondary N) is 2. The highest BCUT2D eigenvalue weighted by Gasteiger charge is 2.32. The van der Waals surface area contributed by atoms with Gasteiger partial charge in [-0.05, 0) is 19.2 Å². The summed E-state index contributed by atoms with van der Waals surface area (Å²) >= 11 is 1.75. The average molecular weight is 280 g/mol. The zero-order valence-corrected chi connectivity index (χ0v) is 11.9. The second-order valence-corrected chi connectivity index (χ2v) is 5.66. The highest BCUT2D eigenvalue weighted by Crippen LogP contribution is 2.16. The Morgan fingerprint density at radius 3 is 2.89 bits per heavy atom. The second-order valence-electron chi connectivity index (χ2n) is 4.49. The quantitative estimate of drug-likeness (QED) is 0.606. The van der Waals surface area contributed by atoms with Crippen LogP contribution in [0.1, 0.15) is 0 Å². The number of thioether (sulfide) groups is 1. The number of carbonyl (C=O) groups excluding carboxylic acids is 1. The first-order valence-corrected chi connectivity index (χ1v) is 7.50. The highest BCUT2D eigenvalue weighted by atomic mass is 32.2. The van der Waals surface area contributed by atoms with Gasteiger partial charge in [0.2, 0.25) is 5.91 Å². The lowest BCUT2D eigenvalue weighted by Crippen LogP contribution is -2.43. The summed E-state index contributed by atoms with van der Waals surface area (Å²) in [4.78, 5) is 13.2. The number of rotatable bonds is 6. The maximum absolute atomic E-state index is 12.0. The molecule has 1 fully saturated rings. The van der Waals surface area contributed by atoms with Crippen LogP contribution in [-0.2, 0) is 9.53 Å². The molecule has 1 aromatic rings. The lowest BCUT2D eigenvalue weighted by molar-refractivity contribution is -0.125. The first kappa shape index (κ1) is 14.4. The van der Waals surface area contributed by atoms with Crippen molar-refractivity contribution in [1.29, 1.82) is 0 Å². The van der Waals surface area contributed by atoms with E-state index in [1.165, 1.54) is 4.90 Å². The summed E-state index contributed by atoms with van der Waals surface area (Å²) in [6.07, 6.45) is 0. The van der Waals surface area contributed by atoms with Crippen molar-refractivity contribution < 1.29 is 9.53 Å². The second kappa shape index (κ2) is 7.53. The zero-order chi connectivity index (χ0) is 13.5. The predicted molar refractivity (Wildman–Crippen MR) is 77.3 cm³/mol. The summed E-state index contributed by atoms with van der Waals surface area (Å²) in [7, 11) is 1.87. The summed E-state index contributed by atoms with van der Waals surface area (Å²) in [5, 5.41) is 6.10. The molecule has 1 aromatic carbocycles. The molecule has 2 atom stereocenters. The summed E-state index contributed by atoms with van der Waals surface area (Å²) in [6, 6.07) is 10.3. The lowest BCUT2D eigenvalue weighted by atomic mass is 10.0. The van der Waals surface area contributed by atoms with Crippen LogP contribution < -0.4 is 10.6 Å². The standard InChI is InChI=1S/C14H20N2O2S/c1-15-13-10-18-9-12(13)14(17)16-7-8-19-11-5-3-2-4-6-11/h2-6,12-13,15H,7-10H2,1H3,(H,16,17). The Hall–Kier alpha value is -1.04. The molecule has 0 aromatic heterocycles. The molecule has 1 aliphatic rings. The minimum Gasteiger partial charge on any atom is -0.379 e. The van der Waals surface area contributed by atoms with Gasteiger partial charge in [0, 0.05) is 23.2 Å². The Kier molecular flexibility index (Phi) is 5.69. The fraction of sp³-hybridized carbons (Fsp3) is 0.500. The van der Waals surface area contributed by atoms with Crippen LogP contribution in [0.3, 0.4) is 0 Å². The van der Waals surface area contributed by atoms with Gasteiger partial charge in [-0.15, -0.1) is 11.8 Å². The predicted octanol–water partition coefficient (Wildman–Crippen LogP) is 1.13. The normalized spacial score (nSPS) is 22.4. The van der Waals surface area contributed by atoms with E-state index in [-0.39, 0.29) is 17.9 Å². The summed E-state index contributed by atoms with van der Waals surface area (Å²) in [6.45, 7) is 1.82. The fourth-order valence-corrected chi connectivity index (χ4v) is 2.88. The zero-order valence-electron chi connectivity index (χ0n) is 11.1. The molecular formula is C14H20N2O2S. The van der Waals surface area contributed by atoms with Crippen molar-refractivity contribution in [2.24, 2.45) is 5.92 Å². The molecule has 2 unspecified atom stereocenters. The first-order chi connectivity index (χ1) is 9.31. The Bertz CT molecular complexity index is 400. The van der Waals surface area contributed by atoms with Gasteiger partial charge in [0.1, 0.15) is 0 Å². The molecule has 0 radical (unpaired) electrons. The number of amides is 1. The van der Waals surface area contributed by atoms with E-state index in [0.29, 0.717) is 19.8 Å². The monoisotopic (exact) mass is 280 g/mol. The van der Waals surface area contributed by atoms with Gasteiger partial charge >= 0.3 is 0 Å². The maximum Gasteiger partial charge on any atom is 0.227 e. The van der Waals surface area contributed by atoms with E-state index in [0.717, 1.165) is 5.75 Å². The number of hydrogen-bond acceptors (Lipinski definition) is 4. The van der Waals surface area contributed by atoms with Crippen LogP contribution in [0.2, 0.25) is 0 Å². The molecule has 19 heavy (non-hydrogen) atoms. The van der Waals surface area contributed by atoms with Gasteiger partial charge in [-0.3, -0.25) is 4.79 Å². The van der Waals surface area contributed by atoms with Crippen LogP contribution in [0.25, 0.3) is 0 Å². The van der Waals surface area contributed by atoms with Gasteiger partial charge in [0.05, 0.1) is 19.1 Å². The molecule has 2 N–H and O–H groups in total. The first-order valence-electron chi connectivity index (χ1n) is 6.52. The van der Waals surface area contributed by atoms with Gasteiger partial charge in [0.15, 0.2) is 0 Å². The largest absolute Gasteiger partial charge is 0.379 e. The number of likely N-dealkylation sites (N-methyl/N-ethyl adjacent to an activating group) is 1. The van der Waals surface area contributed by atoms with E-state index in [4.69, 9.17) is 4.74 Å². The van der Waals surface area contributed by atoms with E-state index in [9.17, 15) is 4.79 Å². The van der Waals surface area contributed by atoms with Crippen LogP contribution in [0.4, 0.5) is 0 Å². The topological polar surface area (TPSA) is 50.4 Å². The van der Waals surface area contributed by atoms with E-state index in [2.05, 4.69) is 22.8 Å². The fourth-order valence-electron chi connectivity index (χ4n) is 2.09. The third kappa shape index (κ3) is 4.23. The molecule has 1 heterocycles. The molecule has 1 aliphatic heterocycles. The number of benzene rings is 1. The van der Waals surface area contributed by atoms with Crippen LogP contribution in [0, 0.1) is 5.92 Å². The Morgan fingerprint density at radius 2 is 2.16 bits per heavy atom. The van der Waals surface area contributed by atoms with Crippen molar-refractivity contribution in [2.45, 2.75) is 10.9 Å². The lowest BCUT2D eigenvalue weighted by Gasteiger charge is -2.16. The molecule has 1 saturated heterocycles. The molecule has 104 valence electrons. The maximum atomic E-state index is 12.0. The van der Waals surface area contributed by atoms with Gasteiger partial charge in [-0.2, -0.15) is 0 Å². The van der Waals surface area contributed by atoms with E-state index < -0.39 is 0 Å². The Morgan fingerprint density at radius 1 is 1.37 bits per heavy atom. The summed E-state index contributed by atoms with van der Waals surface area (Å²) in [5.41, 5.74) is 0. The minimum atomic E-state index is -0.0632. The van der Waals surface area contributed by atoms with Gasteiger partial charge in [-0.1, -0.05) is 18.2 Å². The molecule has 0 aliphatic carbocycles. The molecule has 4 nitrogen and oxygen atoms in total. The van der Waals surface area contributed by atoms with Crippen LogP contribution in [-0.4, -0.2) is 44.5 Å². The van der Waals surface area contributed by atoms with Crippen LogP contribution in [0.5, 0.6) is 0 Å². The smallest absolute Gasteiger partial charge is 0.227 e. The molecule has 0 saturated carbocycles. The molecule has 2 rings (SSSR count). The number of ether oxygens (including phenoxy) is 1. The van der Waals surface area contributed by atoms with Crippen molar-refractivity contribution in [2.75, 3.05) is 32.6 Å². The van der Waals surface area contributed by atoms with Crippen molar-refractivity contribution in [3.63, 3.8) is 0 Å². The van der Waals surface area contributed by atoms with E-state index in [1.54, 1.807) is 11.8 Å². The molecule has 0 spiro atoms. The Labute approximate surface area is 118 Å². The third-order valence-electron chi connectivity index (χ3n) is 3.20. The molecular weight excluding hydrogens is 260 g/mol. The minimum absolute atomic E-state index is 0.0632. The van der Waals surface area contributed by atoms with Gasteiger partial charge < -0.3 is 15.4 Å². The molecule has 0 bridgehead atoms. The van der Waals surface area contributed by atoms with Crippen molar-refractivity contribution >= 4 is 17.7 Å². The number of hydrogen-bond donors (Lipinski definition) is 2. The number of carbonyl (C=O) groups is 1. The van der Waals surface area contributed by atoms with Crippen LogP contribution in [0.15, 0.2) is 35.2 Å². The highest BCUT2D eigenvalue weighted by molar-refractivity contribution is 7.99. The van der Waals surface area contributed by atoms with E-state index in [1.807, 2.05) is 25.2 Å². The molecule has 5 heteroatoms. The van der Waals surface area contributed by atoms with Crippen molar-refractivity contribution in [3.05, 3.63) is 30.3 Å². The summed E-state index contributed by atoms with van der Waals surface area (Å²) in [5.74, 6) is 0.908. The molecule has 1 amide bonds. The van der Waals surface area contributed by atoms with Gasteiger partial charge in [0.25, 0.3) is 0 Å². The van der Waals surface area contributed by atoms with E-state index >= 15 is 0 Å². The average Bonchev–Trinajstić information content (AvgIpc) is 2.93. The van der Waals surface area contributed by atoms with Gasteiger partial charge in [-0.25, -0.2) is 0 Å². The third-order valence-corrected chi connectivity index (χ3v) is 4.22. The van der Waals surface area contributed by atoms with Crippen LogP contribution >= 0.6 is 11.8 Å². The van der Waals surface area contributed by atoms with Crippen molar-refractivity contribution in [1.82, 2.24) is 10.6 Å². The summed E-state index contributed by atoms with van der Waals surface area (Å²) < 4.78 is 5.33. The Balaban J connectivity index is 1.67.